The highest BCUT2D eigenvalue weighted by molar-refractivity contribution is 6.31. The number of phenolic OH excluding ortho intramolecular Hbond substituents is 1. The van der Waals surface area contributed by atoms with Crippen LogP contribution in [-0.4, -0.2) is 46.4 Å². The normalized spacial score (nSPS) is 14.6. The second-order valence-corrected chi connectivity index (χ2v) is 9.39. The van der Waals surface area contributed by atoms with E-state index in [0.717, 1.165) is 28.2 Å². The largest absolute Gasteiger partial charge is 0.507 e. The van der Waals surface area contributed by atoms with E-state index in [1.165, 1.54) is 0 Å². The standard InChI is InChI=1S/C29H28ClN3O4/c1-4-37-21-7-5-6-19(15-21)28-25-26(22-16-23(30)17(2)14-24(22)34)31-32-27(25)29(35)33(28)13-12-18-8-10-20(36-3)11-9-18/h5-11,14-16,28,34H,4,12-13H2,1-3H3,(H,31,32)/t28-/m0/s1. The summed E-state index contributed by atoms with van der Waals surface area (Å²) in [6, 6.07) is 18.5. The number of halogens is 1. The molecule has 0 fully saturated rings. The van der Waals surface area contributed by atoms with Crippen LogP contribution in [-0.2, 0) is 6.42 Å². The topological polar surface area (TPSA) is 87.7 Å². The molecule has 4 aromatic rings. The van der Waals surface area contributed by atoms with E-state index in [1.54, 1.807) is 19.2 Å². The van der Waals surface area contributed by atoms with Crippen molar-refractivity contribution < 1.29 is 19.4 Å². The number of aromatic hydroxyl groups is 1. The zero-order valence-corrected chi connectivity index (χ0v) is 21.7. The molecule has 3 aromatic carbocycles. The summed E-state index contributed by atoms with van der Waals surface area (Å²) in [5.41, 5.74) is 4.84. The summed E-state index contributed by atoms with van der Waals surface area (Å²) >= 11 is 6.41. The number of hydrogen-bond acceptors (Lipinski definition) is 5. The van der Waals surface area contributed by atoms with Gasteiger partial charge in [-0.3, -0.25) is 9.89 Å². The molecular formula is C29H28ClN3O4. The Hall–Kier alpha value is -3.97. The minimum atomic E-state index is -0.422. The molecule has 0 spiro atoms. The molecule has 1 atom stereocenters. The van der Waals surface area contributed by atoms with Gasteiger partial charge in [-0.25, -0.2) is 0 Å². The second-order valence-electron chi connectivity index (χ2n) is 8.98. The molecule has 1 aliphatic rings. The van der Waals surface area contributed by atoms with Gasteiger partial charge in [0.2, 0.25) is 0 Å². The van der Waals surface area contributed by atoms with Gasteiger partial charge >= 0.3 is 0 Å². The molecule has 1 aromatic heterocycles. The van der Waals surface area contributed by atoms with E-state index < -0.39 is 6.04 Å². The fraction of sp³-hybridized carbons (Fsp3) is 0.241. The number of benzene rings is 3. The number of carbonyl (C=O) groups is 1. The third-order valence-electron chi connectivity index (χ3n) is 6.68. The predicted octanol–water partition coefficient (Wildman–Crippen LogP) is 5.94. The number of amides is 1. The highest BCUT2D eigenvalue weighted by atomic mass is 35.5. The Morgan fingerprint density at radius 3 is 2.62 bits per heavy atom. The van der Waals surface area contributed by atoms with Crippen molar-refractivity contribution in [1.29, 1.82) is 0 Å². The van der Waals surface area contributed by atoms with Crippen molar-refractivity contribution in [3.8, 4) is 28.5 Å². The molecule has 0 saturated carbocycles. The third-order valence-corrected chi connectivity index (χ3v) is 7.09. The maximum atomic E-state index is 13.7. The first-order chi connectivity index (χ1) is 17.9. The summed E-state index contributed by atoms with van der Waals surface area (Å²) in [4.78, 5) is 15.5. The van der Waals surface area contributed by atoms with Crippen LogP contribution in [0.5, 0.6) is 17.2 Å². The molecule has 7 nitrogen and oxygen atoms in total. The Bertz CT molecular complexity index is 1450. The van der Waals surface area contributed by atoms with E-state index in [4.69, 9.17) is 21.1 Å². The summed E-state index contributed by atoms with van der Waals surface area (Å²) in [6.07, 6.45) is 0.659. The average Bonchev–Trinajstić information content (AvgIpc) is 3.44. The molecular weight excluding hydrogens is 490 g/mol. The summed E-state index contributed by atoms with van der Waals surface area (Å²) < 4.78 is 11.0. The number of carbonyl (C=O) groups excluding carboxylic acids is 1. The highest BCUT2D eigenvalue weighted by Crippen LogP contribution is 2.45. The lowest BCUT2D eigenvalue weighted by molar-refractivity contribution is 0.0745. The number of methoxy groups -OCH3 is 1. The number of rotatable bonds is 8. The molecule has 5 rings (SSSR count). The lowest BCUT2D eigenvalue weighted by Gasteiger charge is -2.27. The number of aromatic amines is 1. The number of nitrogens with zero attached hydrogens (tertiary/aromatic N) is 2. The van der Waals surface area contributed by atoms with Crippen molar-refractivity contribution in [2.24, 2.45) is 0 Å². The van der Waals surface area contributed by atoms with Gasteiger partial charge in [0.05, 0.1) is 19.8 Å². The minimum Gasteiger partial charge on any atom is -0.507 e. The van der Waals surface area contributed by atoms with E-state index in [0.29, 0.717) is 47.1 Å². The zero-order chi connectivity index (χ0) is 26.1. The van der Waals surface area contributed by atoms with Crippen LogP contribution in [0.25, 0.3) is 11.3 Å². The maximum Gasteiger partial charge on any atom is 0.273 e. The van der Waals surface area contributed by atoms with Crippen LogP contribution in [0.1, 0.15) is 45.7 Å². The number of ether oxygens (including phenoxy) is 2. The highest BCUT2D eigenvalue weighted by Gasteiger charge is 2.42. The van der Waals surface area contributed by atoms with Gasteiger partial charge in [-0.2, -0.15) is 5.10 Å². The molecule has 0 bridgehead atoms. The van der Waals surface area contributed by atoms with Crippen LogP contribution < -0.4 is 9.47 Å². The number of nitrogens with one attached hydrogen (secondary N) is 1. The Morgan fingerprint density at radius 1 is 1.11 bits per heavy atom. The molecule has 190 valence electrons. The van der Waals surface area contributed by atoms with Gasteiger partial charge in [-0.05, 0) is 73.4 Å². The SMILES string of the molecule is CCOc1cccc([C@H]2c3c(-c4cc(Cl)c(C)cc4O)n[nH]c3C(=O)N2CCc2ccc(OC)cc2)c1. The number of H-pyrrole nitrogens is 1. The molecule has 8 heteroatoms. The van der Waals surface area contributed by atoms with Crippen LogP contribution in [0.3, 0.4) is 0 Å². The van der Waals surface area contributed by atoms with E-state index in [1.807, 2.05) is 67.3 Å². The quantitative estimate of drug-likeness (QED) is 0.302. The molecule has 2 heterocycles. The molecule has 0 radical (unpaired) electrons. The molecule has 1 amide bonds. The Morgan fingerprint density at radius 2 is 1.89 bits per heavy atom. The van der Waals surface area contributed by atoms with Crippen molar-refractivity contribution in [1.82, 2.24) is 15.1 Å². The summed E-state index contributed by atoms with van der Waals surface area (Å²) in [5.74, 6) is 1.42. The van der Waals surface area contributed by atoms with Gasteiger partial charge in [0.1, 0.15) is 28.6 Å². The molecule has 0 saturated heterocycles. The van der Waals surface area contributed by atoms with Crippen LogP contribution in [0.15, 0.2) is 60.7 Å². The molecule has 1 aliphatic heterocycles. The molecule has 37 heavy (non-hydrogen) atoms. The monoisotopic (exact) mass is 517 g/mol. The van der Waals surface area contributed by atoms with Crippen molar-refractivity contribution in [2.45, 2.75) is 26.3 Å². The average molecular weight is 518 g/mol. The van der Waals surface area contributed by atoms with Crippen molar-refractivity contribution in [3.05, 3.63) is 93.6 Å². The Balaban J connectivity index is 1.58. The first-order valence-corrected chi connectivity index (χ1v) is 12.5. The number of phenols is 1. The fourth-order valence-electron chi connectivity index (χ4n) is 4.82. The summed E-state index contributed by atoms with van der Waals surface area (Å²) in [7, 11) is 1.64. The minimum absolute atomic E-state index is 0.0575. The van der Waals surface area contributed by atoms with Gasteiger partial charge in [-0.1, -0.05) is 35.9 Å². The van der Waals surface area contributed by atoms with E-state index >= 15 is 0 Å². The van der Waals surface area contributed by atoms with Gasteiger partial charge in [-0.15, -0.1) is 0 Å². The van der Waals surface area contributed by atoms with E-state index in [2.05, 4.69) is 10.2 Å². The number of aryl methyl sites for hydroxylation is 1. The predicted molar refractivity (Wildman–Crippen MR) is 143 cm³/mol. The van der Waals surface area contributed by atoms with Crippen LogP contribution in [0.2, 0.25) is 5.02 Å². The third kappa shape index (κ3) is 4.62. The van der Waals surface area contributed by atoms with E-state index in [9.17, 15) is 9.90 Å². The molecule has 0 aliphatic carbocycles. The van der Waals surface area contributed by atoms with Crippen LogP contribution in [0, 0.1) is 6.92 Å². The maximum absolute atomic E-state index is 13.7. The number of aromatic nitrogens is 2. The van der Waals surface area contributed by atoms with Crippen molar-refractivity contribution in [2.75, 3.05) is 20.3 Å². The molecule has 0 unspecified atom stereocenters. The van der Waals surface area contributed by atoms with Crippen molar-refractivity contribution in [3.63, 3.8) is 0 Å². The summed E-state index contributed by atoms with van der Waals surface area (Å²) in [6.45, 7) is 4.78. The number of hydrogen-bond donors (Lipinski definition) is 2. The fourth-order valence-corrected chi connectivity index (χ4v) is 4.98. The molecule has 2 N–H and O–H groups in total. The van der Waals surface area contributed by atoms with Crippen LogP contribution >= 0.6 is 11.6 Å². The van der Waals surface area contributed by atoms with Gasteiger partial charge < -0.3 is 19.5 Å². The Kier molecular flexibility index (Phi) is 6.80. The van der Waals surface area contributed by atoms with Gasteiger partial charge in [0, 0.05) is 22.7 Å². The first kappa shape index (κ1) is 24.7. The van der Waals surface area contributed by atoms with Gasteiger partial charge in [0.25, 0.3) is 5.91 Å². The van der Waals surface area contributed by atoms with Crippen LogP contribution in [0.4, 0.5) is 0 Å². The number of fused-ring (bicyclic) bond motifs is 1. The first-order valence-electron chi connectivity index (χ1n) is 12.2. The summed E-state index contributed by atoms with van der Waals surface area (Å²) in [5, 5.41) is 18.7. The zero-order valence-electron chi connectivity index (χ0n) is 20.9. The lowest BCUT2D eigenvalue weighted by Crippen LogP contribution is -2.31. The van der Waals surface area contributed by atoms with E-state index in [-0.39, 0.29) is 11.7 Å². The lowest BCUT2D eigenvalue weighted by atomic mass is 9.95. The van der Waals surface area contributed by atoms with Gasteiger partial charge in [0.15, 0.2) is 0 Å². The van der Waals surface area contributed by atoms with Crippen molar-refractivity contribution >= 4 is 17.5 Å². The Labute approximate surface area is 220 Å². The second kappa shape index (κ2) is 10.2. The smallest absolute Gasteiger partial charge is 0.273 e.